The Bertz CT molecular complexity index is 455. The molecule has 90 valence electrons. The molecule has 0 radical (unpaired) electrons. The molecule has 3 heterocycles. The number of aromatic nitrogens is 2. The molecule has 2 N–H and O–H groups in total. The quantitative estimate of drug-likeness (QED) is 0.875. The van der Waals surface area contributed by atoms with E-state index in [9.17, 15) is 0 Å². The third kappa shape index (κ3) is 2.58. The van der Waals surface area contributed by atoms with E-state index in [1.165, 1.54) is 18.4 Å². The highest BCUT2D eigenvalue weighted by atomic mass is 32.1. The minimum Gasteiger partial charge on any atom is -0.342 e. The predicted octanol–water partition coefficient (Wildman–Crippen LogP) is 2.68. The first kappa shape index (κ1) is 11.0. The van der Waals surface area contributed by atoms with Gasteiger partial charge >= 0.3 is 0 Å². The number of H-pyrrole nitrogens is 1. The van der Waals surface area contributed by atoms with Crippen LogP contribution in [0.4, 0.5) is 0 Å². The average molecular weight is 247 g/mol. The minimum absolute atomic E-state index is 0.790. The second-order valence-electron chi connectivity index (χ2n) is 4.65. The highest BCUT2D eigenvalue weighted by Crippen LogP contribution is 2.22. The molecule has 3 rings (SSSR count). The van der Waals surface area contributed by atoms with Crippen molar-refractivity contribution in [3.05, 3.63) is 28.8 Å². The normalized spacial score (nSPS) is 17.4. The number of nitrogens with zero attached hydrogens (tertiary/aromatic N) is 1. The van der Waals surface area contributed by atoms with Gasteiger partial charge < -0.3 is 10.3 Å². The molecular weight excluding hydrogens is 230 g/mol. The van der Waals surface area contributed by atoms with Gasteiger partial charge in [-0.1, -0.05) is 0 Å². The Balaban J connectivity index is 1.68. The summed E-state index contributed by atoms with van der Waals surface area (Å²) in [6, 6.07) is 2.13. The van der Waals surface area contributed by atoms with Gasteiger partial charge in [0, 0.05) is 17.4 Å². The molecule has 1 saturated heterocycles. The SMILES string of the molecule is c1cc(-c2cnc(CC3CCNCC3)[nH]2)cs1. The summed E-state index contributed by atoms with van der Waals surface area (Å²) in [6.45, 7) is 2.31. The van der Waals surface area contributed by atoms with E-state index < -0.39 is 0 Å². The molecule has 1 fully saturated rings. The van der Waals surface area contributed by atoms with E-state index in [0.717, 1.165) is 36.9 Å². The van der Waals surface area contributed by atoms with Crippen LogP contribution < -0.4 is 5.32 Å². The van der Waals surface area contributed by atoms with Gasteiger partial charge in [0.05, 0.1) is 11.9 Å². The molecular formula is C13H17N3S. The number of piperidine rings is 1. The zero-order valence-corrected chi connectivity index (χ0v) is 10.6. The molecule has 4 heteroatoms. The fourth-order valence-corrected chi connectivity index (χ4v) is 3.05. The van der Waals surface area contributed by atoms with Crippen molar-refractivity contribution in [2.75, 3.05) is 13.1 Å². The largest absolute Gasteiger partial charge is 0.342 e. The van der Waals surface area contributed by atoms with Crippen molar-refractivity contribution in [3.63, 3.8) is 0 Å². The molecule has 0 spiro atoms. The number of thiophene rings is 1. The highest BCUT2D eigenvalue weighted by Gasteiger charge is 2.15. The van der Waals surface area contributed by atoms with Crippen LogP contribution in [0.2, 0.25) is 0 Å². The van der Waals surface area contributed by atoms with Crippen molar-refractivity contribution in [1.29, 1.82) is 0 Å². The Morgan fingerprint density at radius 2 is 2.24 bits per heavy atom. The Labute approximate surface area is 105 Å². The molecule has 17 heavy (non-hydrogen) atoms. The van der Waals surface area contributed by atoms with E-state index in [1.807, 2.05) is 6.20 Å². The lowest BCUT2D eigenvalue weighted by molar-refractivity contribution is 0.368. The first-order chi connectivity index (χ1) is 8.42. The van der Waals surface area contributed by atoms with Gasteiger partial charge in [-0.15, -0.1) is 0 Å². The standard InChI is InChI=1S/C13H17N3S/c1-4-14-5-2-10(1)7-13-15-8-12(16-13)11-3-6-17-9-11/h3,6,8-10,14H,1-2,4-5,7H2,(H,15,16). The van der Waals surface area contributed by atoms with Gasteiger partial charge in [-0.25, -0.2) is 4.98 Å². The van der Waals surface area contributed by atoms with Gasteiger partial charge in [-0.2, -0.15) is 11.3 Å². The lowest BCUT2D eigenvalue weighted by atomic mass is 9.94. The zero-order chi connectivity index (χ0) is 11.5. The maximum absolute atomic E-state index is 4.49. The van der Waals surface area contributed by atoms with Gasteiger partial charge in [0.1, 0.15) is 5.82 Å². The molecule has 0 saturated carbocycles. The van der Waals surface area contributed by atoms with Crippen molar-refractivity contribution in [2.24, 2.45) is 5.92 Å². The summed E-state index contributed by atoms with van der Waals surface area (Å²) in [5, 5.41) is 7.65. The second kappa shape index (κ2) is 5.02. The Hall–Kier alpha value is -1.13. The number of nitrogens with one attached hydrogen (secondary N) is 2. The van der Waals surface area contributed by atoms with Crippen LogP contribution in [-0.4, -0.2) is 23.1 Å². The predicted molar refractivity (Wildman–Crippen MR) is 71.2 cm³/mol. The van der Waals surface area contributed by atoms with Gasteiger partial charge in [-0.3, -0.25) is 0 Å². The van der Waals surface area contributed by atoms with Gasteiger partial charge in [0.25, 0.3) is 0 Å². The number of hydrogen-bond donors (Lipinski definition) is 2. The van der Waals surface area contributed by atoms with Gasteiger partial charge in [-0.05, 0) is 43.3 Å². The molecule has 2 aromatic rings. The van der Waals surface area contributed by atoms with Crippen molar-refractivity contribution < 1.29 is 0 Å². The van der Waals surface area contributed by atoms with Crippen LogP contribution >= 0.6 is 11.3 Å². The van der Waals surface area contributed by atoms with Crippen LogP contribution in [0.1, 0.15) is 18.7 Å². The zero-order valence-electron chi connectivity index (χ0n) is 9.78. The molecule has 0 bridgehead atoms. The van der Waals surface area contributed by atoms with Crippen LogP contribution in [0, 0.1) is 5.92 Å². The van der Waals surface area contributed by atoms with E-state index in [-0.39, 0.29) is 0 Å². The van der Waals surface area contributed by atoms with E-state index >= 15 is 0 Å². The monoisotopic (exact) mass is 247 g/mol. The summed E-state index contributed by atoms with van der Waals surface area (Å²) in [4.78, 5) is 7.93. The maximum Gasteiger partial charge on any atom is 0.106 e. The van der Waals surface area contributed by atoms with Crippen molar-refractivity contribution in [2.45, 2.75) is 19.3 Å². The number of imidazole rings is 1. The highest BCUT2D eigenvalue weighted by molar-refractivity contribution is 7.08. The fourth-order valence-electron chi connectivity index (χ4n) is 2.39. The Morgan fingerprint density at radius 1 is 1.35 bits per heavy atom. The van der Waals surface area contributed by atoms with Gasteiger partial charge in [0.15, 0.2) is 0 Å². The molecule has 0 atom stereocenters. The third-order valence-electron chi connectivity index (χ3n) is 3.40. The molecule has 1 aliphatic heterocycles. The summed E-state index contributed by atoms with van der Waals surface area (Å²) in [5.74, 6) is 1.93. The molecule has 0 amide bonds. The summed E-state index contributed by atoms with van der Waals surface area (Å²) in [6.07, 6.45) is 5.59. The summed E-state index contributed by atoms with van der Waals surface area (Å²) in [7, 11) is 0. The molecule has 1 aliphatic rings. The second-order valence-corrected chi connectivity index (χ2v) is 5.43. The van der Waals surface area contributed by atoms with Crippen molar-refractivity contribution in [1.82, 2.24) is 15.3 Å². The van der Waals surface area contributed by atoms with Crippen molar-refractivity contribution >= 4 is 11.3 Å². The van der Waals surface area contributed by atoms with Crippen LogP contribution in [0.25, 0.3) is 11.3 Å². The lowest BCUT2D eigenvalue weighted by Crippen LogP contribution is -2.28. The molecule has 0 unspecified atom stereocenters. The van der Waals surface area contributed by atoms with Crippen LogP contribution in [0.3, 0.4) is 0 Å². The summed E-state index contributed by atoms with van der Waals surface area (Å²) >= 11 is 1.72. The fraction of sp³-hybridized carbons (Fsp3) is 0.462. The molecule has 3 nitrogen and oxygen atoms in total. The Morgan fingerprint density at radius 3 is 3.00 bits per heavy atom. The molecule has 0 aliphatic carbocycles. The molecule has 2 aromatic heterocycles. The first-order valence-corrected chi connectivity index (χ1v) is 7.13. The smallest absolute Gasteiger partial charge is 0.106 e. The van der Waals surface area contributed by atoms with Gasteiger partial charge in [0.2, 0.25) is 0 Å². The van der Waals surface area contributed by atoms with Crippen LogP contribution in [-0.2, 0) is 6.42 Å². The maximum atomic E-state index is 4.49. The first-order valence-electron chi connectivity index (χ1n) is 6.19. The Kier molecular flexibility index (Phi) is 3.25. The third-order valence-corrected chi connectivity index (χ3v) is 4.08. The summed E-state index contributed by atoms with van der Waals surface area (Å²) < 4.78 is 0. The number of rotatable bonds is 3. The minimum atomic E-state index is 0.790. The van der Waals surface area contributed by atoms with Crippen LogP contribution in [0.15, 0.2) is 23.0 Å². The topological polar surface area (TPSA) is 40.7 Å². The van der Waals surface area contributed by atoms with E-state index in [2.05, 4.69) is 32.1 Å². The number of aromatic amines is 1. The van der Waals surface area contributed by atoms with Crippen LogP contribution in [0.5, 0.6) is 0 Å². The number of hydrogen-bond acceptors (Lipinski definition) is 3. The molecule has 0 aromatic carbocycles. The average Bonchev–Trinajstić information content (AvgIpc) is 3.00. The lowest BCUT2D eigenvalue weighted by Gasteiger charge is -2.21. The van der Waals surface area contributed by atoms with E-state index in [4.69, 9.17) is 0 Å². The van der Waals surface area contributed by atoms with Crippen molar-refractivity contribution in [3.8, 4) is 11.3 Å². The summed E-state index contributed by atoms with van der Waals surface area (Å²) in [5.41, 5.74) is 2.40. The van der Waals surface area contributed by atoms with E-state index in [1.54, 1.807) is 11.3 Å². The van der Waals surface area contributed by atoms with E-state index in [0.29, 0.717) is 0 Å².